The maximum absolute atomic E-state index is 10.9. The summed E-state index contributed by atoms with van der Waals surface area (Å²) in [5, 5.41) is 8.95. The Bertz CT molecular complexity index is 822. The summed E-state index contributed by atoms with van der Waals surface area (Å²) in [6.45, 7) is 0.604. The van der Waals surface area contributed by atoms with Gasteiger partial charge >= 0.3 is 5.97 Å². The monoisotopic (exact) mass is 308 g/mol. The molecule has 0 saturated carbocycles. The average Bonchev–Trinajstić information content (AvgIpc) is 3.03. The molecule has 0 spiro atoms. The highest BCUT2D eigenvalue weighted by molar-refractivity contribution is 5.87. The predicted octanol–water partition coefficient (Wildman–Crippen LogP) is 3.31. The van der Waals surface area contributed by atoms with Crippen LogP contribution in [0.4, 0.5) is 0 Å². The molecule has 0 fully saturated rings. The van der Waals surface area contributed by atoms with Gasteiger partial charge in [0.25, 0.3) is 0 Å². The quantitative estimate of drug-likeness (QED) is 0.785. The normalized spacial score (nSPS) is 10.5. The van der Waals surface area contributed by atoms with Gasteiger partial charge < -0.3 is 14.4 Å². The first-order valence-electron chi connectivity index (χ1n) is 7.16. The number of aromatic carboxylic acids is 1. The molecule has 0 saturated heterocycles. The standard InChI is InChI=1S/C18H16N2O3/c1-23-16-5-3-2-4-15(16)17-19-10-11-20(17)12-13-6-8-14(9-7-13)18(21)22/h2-11H,12H2,1H3,(H,21,22). The fourth-order valence-corrected chi connectivity index (χ4v) is 2.46. The van der Waals surface area contributed by atoms with Crippen LogP contribution in [0.1, 0.15) is 15.9 Å². The zero-order valence-electron chi connectivity index (χ0n) is 12.6. The number of hydrogen-bond donors (Lipinski definition) is 1. The summed E-state index contributed by atoms with van der Waals surface area (Å²) >= 11 is 0. The van der Waals surface area contributed by atoms with Crippen molar-refractivity contribution < 1.29 is 14.6 Å². The molecule has 1 N–H and O–H groups in total. The van der Waals surface area contributed by atoms with Crippen molar-refractivity contribution in [1.82, 2.24) is 9.55 Å². The molecule has 3 aromatic rings. The van der Waals surface area contributed by atoms with Gasteiger partial charge in [0.15, 0.2) is 0 Å². The maximum atomic E-state index is 10.9. The third kappa shape index (κ3) is 3.08. The smallest absolute Gasteiger partial charge is 0.335 e. The van der Waals surface area contributed by atoms with Gasteiger partial charge in [-0.2, -0.15) is 0 Å². The maximum Gasteiger partial charge on any atom is 0.335 e. The van der Waals surface area contributed by atoms with E-state index in [1.165, 1.54) is 0 Å². The van der Waals surface area contributed by atoms with Crippen molar-refractivity contribution in [3.8, 4) is 17.1 Å². The number of carbonyl (C=O) groups is 1. The van der Waals surface area contributed by atoms with Gasteiger partial charge in [0.1, 0.15) is 11.6 Å². The molecule has 2 aromatic carbocycles. The van der Waals surface area contributed by atoms with Gasteiger partial charge in [-0.15, -0.1) is 0 Å². The number of rotatable bonds is 5. The number of para-hydroxylation sites is 1. The molecule has 1 heterocycles. The number of aromatic nitrogens is 2. The third-order valence-electron chi connectivity index (χ3n) is 3.62. The van der Waals surface area contributed by atoms with Crippen molar-refractivity contribution in [1.29, 1.82) is 0 Å². The molecule has 5 nitrogen and oxygen atoms in total. The van der Waals surface area contributed by atoms with Crippen LogP contribution in [0.25, 0.3) is 11.4 Å². The molecule has 3 rings (SSSR count). The molecular formula is C18H16N2O3. The lowest BCUT2D eigenvalue weighted by atomic mass is 10.1. The molecular weight excluding hydrogens is 292 g/mol. The van der Waals surface area contributed by atoms with Crippen molar-refractivity contribution in [2.24, 2.45) is 0 Å². The van der Waals surface area contributed by atoms with Gasteiger partial charge in [-0.25, -0.2) is 9.78 Å². The molecule has 1 aromatic heterocycles. The zero-order valence-corrected chi connectivity index (χ0v) is 12.6. The molecule has 23 heavy (non-hydrogen) atoms. The van der Waals surface area contributed by atoms with Crippen LogP contribution in [0, 0.1) is 0 Å². The first-order chi connectivity index (χ1) is 11.2. The second-order valence-corrected chi connectivity index (χ2v) is 5.08. The predicted molar refractivity (Wildman–Crippen MR) is 86.7 cm³/mol. The minimum absolute atomic E-state index is 0.282. The number of carboxylic acids is 1. The molecule has 116 valence electrons. The highest BCUT2D eigenvalue weighted by Crippen LogP contribution is 2.28. The molecule has 5 heteroatoms. The summed E-state index contributed by atoms with van der Waals surface area (Å²) in [6.07, 6.45) is 3.64. The lowest BCUT2D eigenvalue weighted by Crippen LogP contribution is -2.03. The van der Waals surface area contributed by atoms with Crippen LogP contribution in [0.2, 0.25) is 0 Å². The van der Waals surface area contributed by atoms with Crippen molar-refractivity contribution in [2.45, 2.75) is 6.54 Å². The number of nitrogens with zero attached hydrogens (tertiary/aromatic N) is 2. The molecule has 0 aliphatic rings. The summed E-state index contributed by atoms with van der Waals surface area (Å²) in [4.78, 5) is 15.3. The van der Waals surface area contributed by atoms with E-state index in [0.29, 0.717) is 6.54 Å². The number of ether oxygens (including phenoxy) is 1. The van der Waals surface area contributed by atoms with Gasteiger partial charge in [-0.05, 0) is 29.8 Å². The third-order valence-corrected chi connectivity index (χ3v) is 3.62. The van der Waals surface area contributed by atoms with Crippen LogP contribution in [0.15, 0.2) is 60.9 Å². The first-order valence-corrected chi connectivity index (χ1v) is 7.16. The summed E-state index contributed by atoms with van der Waals surface area (Å²) in [5.41, 5.74) is 2.20. The van der Waals surface area contributed by atoms with E-state index >= 15 is 0 Å². The number of imidazole rings is 1. The van der Waals surface area contributed by atoms with Crippen molar-refractivity contribution in [3.63, 3.8) is 0 Å². The Morgan fingerprint density at radius 1 is 1.17 bits per heavy atom. The van der Waals surface area contributed by atoms with Crippen LogP contribution >= 0.6 is 0 Å². The Labute approximate surface area is 133 Å². The van der Waals surface area contributed by atoms with E-state index in [2.05, 4.69) is 4.98 Å². The second kappa shape index (κ2) is 6.36. The van der Waals surface area contributed by atoms with Crippen LogP contribution < -0.4 is 4.74 Å². The lowest BCUT2D eigenvalue weighted by Gasteiger charge is -2.11. The Morgan fingerprint density at radius 2 is 1.91 bits per heavy atom. The van der Waals surface area contributed by atoms with Crippen LogP contribution in [0.5, 0.6) is 5.75 Å². The first kappa shape index (κ1) is 14.8. The fraction of sp³-hybridized carbons (Fsp3) is 0.111. The van der Waals surface area contributed by atoms with Gasteiger partial charge in [0.2, 0.25) is 0 Å². The van der Waals surface area contributed by atoms with E-state index in [-0.39, 0.29) is 5.56 Å². The van der Waals surface area contributed by atoms with E-state index in [4.69, 9.17) is 9.84 Å². The minimum atomic E-state index is -0.922. The minimum Gasteiger partial charge on any atom is -0.496 e. The van der Waals surface area contributed by atoms with Crippen LogP contribution in [-0.4, -0.2) is 27.7 Å². The zero-order chi connectivity index (χ0) is 16.2. The van der Waals surface area contributed by atoms with Gasteiger partial charge in [-0.1, -0.05) is 24.3 Å². The molecule has 0 bridgehead atoms. The molecule has 0 radical (unpaired) electrons. The largest absolute Gasteiger partial charge is 0.496 e. The number of methoxy groups -OCH3 is 1. The van der Waals surface area contributed by atoms with E-state index in [9.17, 15) is 4.79 Å². The van der Waals surface area contributed by atoms with E-state index < -0.39 is 5.97 Å². The molecule has 0 aliphatic heterocycles. The second-order valence-electron chi connectivity index (χ2n) is 5.08. The van der Waals surface area contributed by atoms with Crippen molar-refractivity contribution in [2.75, 3.05) is 7.11 Å². The van der Waals surface area contributed by atoms with Crippen LogP contribution in [-0.2, 0) is 6.54 Å². The summed E-state index contributed by atoms with van der Waals surface area (Å²) in [7, 11) is 1.64. The lowest BCUT2D eigenvalue weighted by molar-refractivity contribution is 0.0697. The number of benzene rings is 2. The van der Waals surface area contributed by atoms with E-state index in [1.54, 1.807) is 25.4 Å². The topological polar surface area (TPSA) is 64.4 Å². The number of carboxylic acid groups (broad SMARTS) is 1. The van der Waals surface area contributed by atoms with Gasteiger partial charge in [0.05, 0.1) is 18.2 Å². The van der Waals surface area contributed by atoms with Gasteiger partial charge in [-0.3, -0.25) is 0 Å². The Kier molecular flexibility index (Phi) is 4.10. The SMILES string of the molecule is COc1ccccc1-c1nccn1Cc1ccc(C(=O)O)cc1. The highest BCUT2D eigenvalue weighted by Gasteiger charge is 2.11. The average molecular weight is 308 g/mol. The van der Waals surface area contributed by atoms with E-state index in [0.717, 1.165) is 22.7 Å². The fourth-order valence-electron chi connectivity index (χ4n) is 2.46. The Balaban J connectivity index is 1.91. The molecule has 0 amide bonds. The summed E-state index contributed by atoms with van der Waals surface area (Å²) in [5.74, 6) is 0.653. The molecule has 0 unspecified atom stereocenters. The Morgan fingerprint density at radius 3 is 2.61 bits per heavy atom. The Hall–Kier alpha value is -3.08. The van der Waals surface area contributed by atoms with E-state index in [1.807, 2.05) is 47.2 Å². The van der Waals surface area contributed by atoms with Gasteiger partial charge in [0, 0.05) is 18.9 Å². The summed E-state index contributed by atoms with van der Waals surface area (Å²) in [6, 6.07) is 14.6. The number of hydrogen-bond acceptors (Lipinski definition) is 3. The highest BCUT2D eigenvalue weighted by atomic mass is 16.5. The van der Waals surface area contributed by atoms with Crippen molar-refractivity contribution >= 4 is 5.97 Å². The van der Waals surface area contributed by atoms with Crippen LogP contribution in [0.3, 0.4) is 0 Å². The summed E-state index contributed by atoms with van der Waals surface area (Å²) < 4.78 is 7.41. The van der Waals surface area contributed by atoms with Crippen molar-refractivity contribution in [3.05, 3.63) is 72.1 Å². The molecule has 0 aliphatic carbocycles. The molecule has 0 atom stereocenters.